The van der Waals surface area contributed by atoms with Gasteiger partial charge in [-0.05, 0) is 26.2 Å². The molecule has 1 aliphatic rings. The number of nitrogens with one attached hydrogen (secondary N) is 1. The quantitative estimate of drug-likeness (QED) is 0.868. The van der Waals surface area contributed by atoms with Crippen LogP contribution in [0.25, 0.3) is 0 Å². The third-order valence-electron chi connectivity index (χ3n) is 4.05. The summed E-state index contributed by atoms with van der Waals surface area (Å²) in [6.45, 7) is 5.89. The molecule has 2 aromatic heterocycles. The second kappa shape index (κ2) is 7.08. The van der Waals surface area contributed by atoms with Crippen LogP contribution in [0.4, 0.5) is 11.6 Å². The minimum Gasteiger partial charge on any atom is -0.367 e. The molecule has 6 nitrogen and oxygen atoms in total. The lowest BCUT2D eigenvalue weighted by atomic mass is 10.0. The van der Waals surface area contributed by atoms with Gasteiger partial charge in [-0.1, -0.05) is 18.5 Å². The van der Waals surface area contributed by atoms with Gasteiger partial charge in [0.05, 0.1) is 0 Å². The summed E-state index contributed by atoms with van der Waals surface area (Å²) < 4.78 is 0. The van der Waals surface area contributed by atoms with Crippen molar-refractivity contribution in [1.82, 2.24) is 19.9 Å². The van der Waals surface area contributed by atoms with E-state index in [9.17, 15) is 0 Å². The summed E-state index contributed by atoms with van der Waals surface area (Å²) in [7, 11) is 0. The van der Waals surface area contributed by atoms with Gasteiger partial charge in [-0.3, -0.25) is 0 Å². The molecule has 0 aliphatic carbocycles. The van der Waals surface area contributed by atoms with Gasteiger partial charge in [0.1, 0.15) is 28.9 Å². The Balaban J connectivity index is 1.59. The van der Waals surface area contributed by atoms with Crippen molar-refractivity contribution in [1.29, 1.82) is 0 Å². The molecular weight excluding hydrogens is 312 g/mol. The van der Waals surface area contributed by atoms with E-state index < -0.39 is 0 Å². The van der Waals surface area contributed by atoms with Crippen LogP contribution in [-0.4, -0.2) is 39.1 Å². The summed E-state index contributed by atoms with van der Waals surface area (Å²) in [5, 5.41) is 3.94. The molecule has 1 fully saturated rings. The Hall–Kier alpha value is -1.95. The largest absolute Gasteiger partial charge is 0.367 e. The summed E-state index contributed by atoms with van der Waals surface area (Å²) in [5.41, 5.74) is 1.08. The molecule has 0 atom stereocenters. The van der Waals surface area contributed by atoms with Crippen LogP contribution < -0.4 is 10.2 Å². The number of halogens is 1. The number of hydrogen-bond donors (Lipinski definition) is 1. The smallest absolute Gasteiger partial charge is 0.134 e. The van der Waals surface area contributed by atoms with E-state index in [4.69, 9.17) is 11.6 Å². The number of aromatic nitrogens is 4. The Morgan fingerprint density at radius 1 is 1.22 bits per heavy atom. The van der Waals surface area contributed by atoms with Gasteiger partial charge in [0.15, 0.2) is 0 Å². The van der Waals surface area contributed by atoms with Crippen LogP contribution in [0.5, 0.6) is 0 Å². The lowest BCUT2D eigenvalue weighted by Gasteiger charge is -2.33. The van der Waals surface area contributed by atoms with Gasteiger partial charge in [0.25, 0.3) is 0 Å². The van der Waals surface area contributed by atoms with Crippen molar-refractivity contribution >= 4 is 23.2 Å². The molecule has 0 radical (unpaired) electrons. The standard InChI is InChI=1S/C16H21ClN6/c1-3-12-8-16(19-10-18-12)23-6-4-13(5-7-23)22-15-9-14(17)20-11(2)21-15/h8-10,13H,3-7H2,1-2H3,(H,20,21,22). The molecule has 0 saturated carbocycles. The van der Waals surface area contributed by atoms with E-state index in [0.717, 1.165) is 49.7 Å². The molecule has 23 heavy (non-hydrogen) atoms. The van der Waals surface area contributed by atoms with Crippen molar-refractivity contribution < 1.29 is 0 Å². The minimum absolute atomic E-state index is 0.393. The molecule has 3 rings (SSSR count). The molecule has 0 spiro atoms. The van der Waals surface area contributed by atoms with E-state index in [1.54, 1.807) is 12.4 Å². The van der Waals surface area contributed by atoms with E-state index in [2.05, 4.69) is 43.1 Å². The maximum Gasteiger partial charge on any atom is 0.134 e. The molecule has 1 N–H and O–H groups in total. The Labute approximate surface area is 141 Å². The first-order valence-electron chi connectivity index (χ1n) is 7.97. The third kappa shape index (κ3) is 4.07. The highest BCUT2D eigenvalue weighted by atomic mass is 35.5. The summed E-state index contributed by atoms with van der Waals surface area (Å²) in [5.74, 6) is 2.51. The lowest BCUT2D eigenvalue weighted by Crippen LogP contribution is -2.39. The molecule has 1 aliphatic heterocycles. The van der Waals surface area contributed by atoms with Gasteiger partial charge in [-0.15, -0.1) is 0 Å². The number of piperidine rings is 1. The van der Waals surface area contributed by atoms with Gasteiger partial charge in [0, 0.05) is 37.0 Å². The summed E-state index contributed by atoms with van der Waals surface area (Å²) in [6.07, 6.45) is 4.66. The Kier molecular flexibility index (Phi) is 4.91. The van der Waals surface area contributed by atoms with Crippen LogP contribution in [-0.2, 0) is 6.42 Å². The average Bonchev–Trinajstić information content (AvgIpc) is 2.55. The number of aryl methyl sites for hydroxylation is 2. The fourth-order valence-corrected chi connectivity index (χ4v) is 3.04. The van der Waals surface area contributed by atoms with Gasteiger partial charge >= 0.3 is 0 Å². The third-order valence-corrected chi connectivity index (χ3v) is 4.24. The number of anilines is 2. The molecule has 122 valence electrons. The first kappa shape index (κ1) is 15.9. The topological polar surface area (TPSA) is 66.8 Å². The van der Waals surface area contributed by atoms with Crippen molar-refractivity contribution in [3.63, 3.8) is 0 Å². The predicted molar refractivity (Wildman–Crippen MR) is 92.0 cm³/mol. The number of rotatable bonds is 4. The highest BCUT2D eigenvalue weighted by molar-refractivity contribution is 6.29. The number of nitrogens with zero attached hydrogens (tertiary/aromatic N) is 5. The van der Waals surface area contributed by atoms with E-state index in [0.29, 0.717) is 17.0 Å². The Bertz CT molecular complexity index is 649. The van der Waals surface area contributed by atoms with Crippen molar-refractivity contribution in [3.05, 3.63) is 35.1 Å². The molecule has 0 amide bonds. The second-order valence-electron chi connectivity index (χ2n) is 5.75. The van der Waals surface area contributed by atoms with Crippen molar-refractivity contribution in [3.8, 4) is 0 Å². The molecule has 0 unspecified atom stereocenters. The molecule has 0 aromatic carbocycles. The van der Waals surface area contributed by atoms with Crippen molar-refractivity contribution in [2.24, 2.45) is 0 Å². The second-order valence-corrected chi connectivity index (χ2v) is 6.14. The zero-order valence-corrected chi connectivity index (χ0v) is 14.2. The highest BCUT2D eigenvalue weighted by Gasteiger charge is 2.20. The molecule has 1 saturated heterocycles. The number of hydrogen-bond acceptors (Lipinski definition) is 6. The maximum absolute atomic E-state index is 5.99. The lowest BCUT2D eigenvalue weighted by molar-refractivity contribution is 0.521. The average molecular weight is 333 g/mol. The van der Waals surface area contributed by atoms with Gasteiger partial charge < -0.3 is 10.2 Å². The Morgan fingerprint density at radius 2 is 2.00 bits per heavy atom. The fraction of sp³-hybridized carbons (Fsp3) is 0.500. The van der Waals surface area contributed by atoms with Crippen molar-refractivity contribution in [2.45, 2.75) is 39.2 Å². The normalized spacial score (nSPS) is 15.7. The molecule has 7 heteroatoms. The van der Waals surface area contributed by atoms with Gasteiger partial charge in [0.2, 0.25) is 0 Å². The predicted octanol–water partition coefficient (Wildman–Crippen LogP) is 2.87. The molecule has 0 bridgehead atoms. The van der Waals surface area contributed by atoms with Gasteiger partial charge in [-0.25, -0.2) is 19.9 Å². The van der Waals surface area contributed by atoms with E-state index in [1.807, 2.05) is 6.92 Å². The maximum atomic E-state index is 5.99. The highest BCUT2D eigenvalue weighted by Crippen LogP contribution is 2.21. The van der Waals surface area contributed by atoms with Crippen LogP contribution in [0, 0.1) is 6.92 Å². The summed E-state index contributed by atoms with van der Waals surface area (Å²) in [6, 6.07) is 4.25. The van der Waals surface area contributed by atoms with E-state index in [1.165, 1.54) is 0 Å². The molecule has 2 aromatic rings. The molecule has 3 heterocycles. The van der Waals surface area contributed by atoms with Crippen molar-refractivity contribution in [2.75, 3.05) is 23.3 Å². The first-order valence-corrected chi connectivity index (χ1v) is 8.35. The zero-order valence-electron chi connectivity index (χ0n) is 13.5. The summed E-state index contributed by atoms with van der Waals surface area (Å²) >= 11 is 5.99. The first-order chi connectivity index (χ1) is 11.1. The summed E-state index contributed by atoms with van der Waals surface area (Å²) in [4.78, 5) is 19.5. The van der Waals surface area contributed by atoms with Crippen LogP contribution in [0.3, 0.4) is 0 Å². The Morgan fingerprint density at radius 3 is 2.70 bits per heavy atom. The van der Waals surface area contributed by atoms with Crippen LogP contribution in [0.2, 0.25) is 5.15 Å². The van der Waals surface area contributed by atoms with E-state index >= 15 is 0 Å². The fourth-order valence-electron chi connectivity index (χ4n) is 2.82. The van der Waals surface area contributed by atoms with Gasteiger partial charge in [-0.2, -0.15) is 0 Å². The monoisotopic (exact) mass is 332 g/mol. The molecular formula is C16H21ClN6. The van der Waals surface area contributed by atoms with Crippen LogP contribution in [0.1, 0.15) is 31.3 Å². The SMILES string of the molecule is CCc1cc(N2CCC(Nc3cc(Cl)nc(C)n3)CC2)ncn1. The zero-order chi connectivity index (χ0) is 16.2. The van der Waals surface area contributed by atoms with E-state index in [-0.39, 0.29) is 0 Å². The minimum atomic E-state index is 0.393. The van der Waals surface area contributed by atoms with Crippen LogP contribution in [0.15, 0.2) is 18.5 Å². The van der Waals surface area contributed by atoms with Crippen LogP contribution >= 0.6 is 11.6 Å².